The van der Waals surface area contributed by atoms with E-state index in [9.17, 15) is 4.79 Å². The van der Waals surface area contributed by atoms with Crippen LogP contribution in [-0.2, 0) is 6.42 Å². The summed E-state index contributed by atoms with van der Waals surface area (Å²) in [5, 5.41) is 3.15. The first-order valence-corrected chi connectivity index (χ1v) is 8.05. The van der Waals surface area contributed by atoms with Gasteiger partial charge < -0.3 is 15.2 Å². The Bertz CT molecular complexity index is 612. The van der Waals surface area contributed by atoms with Crippen LogP contribution in [0.3, 0.4) is 0 Å². The second-order valence-electron chi connectivity index (χ2n) is 5.82. The number of amides is 1. The Morgan fingerprint density at radius 1 is 1.18 bits per heavy atom. The summed E-state index contributed by atoms with van der Waals surface area (Å²) >= 11 is 0. The number of nitrogens with zero attached hydrogens (tertiary/aromatic N) is 1. The molecule has 22 heavy (non-hydrogen) atoms. The van der Waals surface area contributed by atoms with Crippen molar-refractivity contribution in [1.29, 1.82) is 0 Å². The third kappa shape index (κ3) is 3.32. The number of nitrogens with one attached hydrogen (secondary N) is 2. The van der Waals surface area contributed by atoms with Gasteiger partial charge in [0.1, 0.15) is 5.69 Å². The minimum Gasteiger partial charge on any atom is -0.371 e. The van der Waals surface area contributed by atoms with Gasteiger partial charge in [-0.2, -0.15) is 0 Å². The first kappa shape index (κ1) is 14.7. The largest absolute Gasteiger partial charge is 0.371 e. The molecule has 116 valence electrons. The second kappa shape index (κ2) is 6.69. The van der Waals surface area contributed by atoms with Gasteiger partial charge in [-0.25, -0.2) is 0 Å². The van der Waals surface area contributed by atoms with Crippen LogP contribution in [0.1, 0.15) is 35.9 Å². The molecule has 1 aromatic carbocycles. The van der Waals surface area contributed by atoms with Crippen LogP contribution in [-0.4, -0.2) is 30.0 Å². The van der Waals surface area contributed by atoms with Crippen molar-refractivity contribution in [3.63, 3.8) is 0 Å². The van der Waals surface area contributed by atoms with Crippen molar-refractivity contribution >= 4 is 11.6 Å². The average molecular weight is 297 g/mol. The Morgan fingerprint density at radius 2 is 1.91 bits per heavy atom. The van der Waals surface area contributed by atoms with E-state index in [0.717, 1.165) is 38.0 Å². The van der Waals surface area contributed by atoms with Crippen LogP contribution in [0.5, 0.6) is 0 Å². The maximum atomic E-state index is 12.2. The van der Waals surface area contributed by atoms with Gasteiger partial charge in [0.05, 0.1) is 0 Å². The van der Waals surface area contributed by atoms with Crippen molar-refractivity contribution in [2.24, 2.45) is 0 Å². The molecule has 0 atom stereocenters. The summed E-state index contributed by atoms with van der Waals surface area (Å²) in [4.78, 5) is 17.8. The SMILES string of the molecule is CCc1ccc(C(=O)NC2CCN(c3ccccc3)CC2)[nH]1. The summed E-state index contributed by atoms with van der Waals surface area (Å²) in [6.07, 6.45) is 2.90. The summed E-state index contributed by atoms with van der Waals surface area (Å²) in [5.41, 5.74) is 3.04. The molecule has 0 unspecified atom stereocenters. The van der Waals surface area contributed by atoms with E-state index in [1.165, 1.54) is 5.69 Å². The normalized spacial score (nSPS) is 15.8. The summed E-state index contributed by atoms with van der Waals surface area (Å²) in [6, 6.07) is 14.6. The van der Waals surface area contributed by atoms with Gasteiger partial charge >= 0.3 is 0 Å². The predicted molar refractivity (Wildman–Crippen MR) is 89.3 cm³/mol. The molecule has 0 aliphatic carbocycles. The number of aromatic amines is 1. The lowest BCUT2D eigenvalue weighted by Crippen LogP contribution is -2.44. The maximum Gasteiger partial charge on any atom is 0.267 e. The van der Waals surface area contributed by atoms with Crippen molar-refractivity contribution in [2.45, 2.75) is 32.2 Å². The number of aryl methyl sites for hydroxylation is 1. The third-order valence-electron chi connectivity index (χ3n) is 4.32. The quantitative estimate of drug-likeness (QED) is 0.911. The van der Waals surface area contributed by atoms with Crippen molar-refractivity contribution in [3.05, 3.63) is 53.9 Å². The summed E-state index contributed by atoms with van der Waals surface area (Å²) in [5.74, 6) is 0.0119. The highest BCUT2D eigenvalue weighted by molar-refractivity contribution is 5.92. The number of aromatic nitrogens is 1. The van der Waals surface area contributed by atoms with E-state index in [-0.39, 0.29) is 11.9 Å². The molecule has 4 heteroatoms. The van der Waals surface area contributed by atoms with E-state index in [1.807, 2.05) is 18.2 Å². The van der Waals surface area contributed by atoms with Crippen LogP contribution >= 0.6 is 0 Å². The van der Waals surface area contributed by atoms with Gasteiger partial charge in [-0.3, -0.25) is 4.79 Å². The average Bonchev–Trinajstić information content (AvgIpc) is 3.06. The van der Waals surface area contributed by atoms with Crippen LogP contribution in [0.4, 0.5) is 5.69 Å². The number of piperidine rings is 1. The smallest absolute Gasteiger partial charge is 0.267 e. The number of carbonyl (C=O) groups is 1. The molecule has 1 fully saturated rings. The molecule has 0 spiro atoms. The number of hydrogen-bond acceptors (Lipinski definition) is 2. The standard InChI is InChI=1S/C18H23N3O/c1-2-14-8-9-17(19-14)18(22)20-15-10-12-21(13-11-15)16-6-4-3-5-7-16/h3-9,15,19H,2,10-13H2,1H3,(H,20,22). The van der Waals surface area contributed by atoms with E-state index in [1.54, 1.807) is 0 Å². The summed E-state index contributed by atoms with van der Waals surface area (Å²) < 4.78 is 0. The molecule has 0 radical (unpaired) electrons. The zero-order valence-corrected chi connectivity index (χ0v) is 13.0. The molecule has 1 aliphatic rings. The molecule has 1 aliphatic heterocycles. The highest BCUT2D eigenvalue weighted by atomic mass is 16.1. The lowest BCUT2D eigenvalue weighted by Gasteiger charge is -2.33. The monoisotopic (exact) mass is 297 g/mol. The molecular weight excluding hydrogens is 274 g/mol. The topological polar surface area (TPSA) is 48.1 Å². The Balaban J connectivity index is 1.52. The number of anilines is 1. The highest BCUT2D eigenvalue weighted by Crippen LogP contribution is 2.19. The molecule has 4 nitrogen and oxygen atoms in total. The second-order valence-corrected chi connectivity index (χ2v) is 5.82. The van der Waals surface area contributed by atoms with Gasteiger partial charge in [0, 0.05) is 30.5 Å². The molecule has 1 amide bonds. The molecule has 2 aromatic rings. The summed E-state index contributed by atoms with van der Waals surface area (Å²) in [6.45, 7) is 4.05. The van der Waals surface area contributed by atoms with Crippen molar-refractivity contribution in [2.75, 3.05) is 18.0 Å². The van der Waals surface area contributed by atoms with Gasteiger partial charge in [-0.1, -0.05) is 25.1 Å². The van der Waals surface area contributed by atoms with Crippen LogP contribution in [0, 0.1) is 0 Å². The fourth-order valence-electron chi connectivity index (χ4n) is 2.96. The first-order valence-electron chi connectivity index (χ1n) is 8.05. The van der Waals surface area contributed by atoms with Gasteiger partial charge in [0.2, 0.25) is 0 Å². The van der Waals surface area contributed by atoms with Crippen LogP contribution in [0.2, 0.25) is 0 Å². The number of hydrogen-bond donors (Lipinski definition) is 2. The van der Waals surface area contributed by atoms with Crippen LogP contribution < -0.4 is 10.2 Å². The van der Waals surface area contributed by atoms with E-state index in [0.29, 0.717) is 5.69 Å². The molecule has 3 rings (SSSR count). The maximum absolute atomic E-state index is 12.2. The number of para-hydroxylation sites is 1. The molecule has 2 N–H and O–H groups in total. The molecule has 0 saturated carbocycles. The minimum atomic E-state index is 0.0119. The predicted octanol–water partition coefficient (Wildman–Crippen LogP) is 2.98. The Labute approximate surface area is 131 Å². The summed E-state index contributed by atoms with van der Waals surface area (Å²) in [7, 11) is 0. The zero-order chi connectivity index (χ0) is 15.4. The first-order chi connectivity index (χ1) is 10.8. The van der Waals surface area contributed by atoms with Gasteiger partial charge in [-0.05, 0) is 43.5 Å². The fraction of sp³-hybridized carbons (Fsp3) is 0.389. The molecule has 0 bridgehead atoms. The van der Waals surface area contributed by atoms with E-state index in [4.69, 9.17) is 0 Å². The Kier molecular flexibility index (Phi) is 4.47. The number of rotatable bonds is 4. The van der Waals surface area contributed by atoms with Crippen molar-refractivity contribution in [3.8, 4) is 0 Å². The molecule has 1 saturated heterocycles. The van der Waals surface area contributed by atoms with E-state index in [2.05, 4.69) is 46.4 Å². The molecule has 2 heterocycles. The van der Waals surface area contributed by atoms with Crippen LogP contribution in [0.15, 0.2) is 42.5 Å². The lowest BCUT2D eigenvalue weighted by molar-refractivity contribution is 0.0926. The van der Waals surface area contributed by atoms with Crippen molar-refractivity contribution in [1.82, 2.24) is 10.3 Å². The van der Waals surface area contributed by atoms with E-state index < -0.39 is 0 Å². The van der Waals surface area contributed by atoms with E-state index >= 15 is 0 Å². The Hall–Kier alpha value is -2.23. The Morgan fingerprint density at radius 3 is 2.55 bits per heavy atom. The number of H-pyrrole nitrogens is 1. The lowest BCUT2D eigenvalue weighted by atomic mass is 10.0. The van der Waals surface area contributed by atoms with Gasteiger partial charge in [-0.15, -0.1) is 0 Å². The molecule has 1 aromatic heterocycles. The van der Waals surface area contributed by atoms with Crippen LogP contribution in [0.25, 0.3) is 0 Å². The molecular formula is C18H23N3O. The van der Waals surface area contributed by atoms with Gasteiger partial charge in [0.15, 0.2) is 0 Å². The zero-order valence-electron chi connectivity index (χ0n) is 13.0. The van der Waals surface area contributed by atoms with Gasteiger partial charge in [0.25, 0.3) is 5.91 Å². The third-order valence-corrected chi connectivity index (χ3v) is 4.32. The minimum absolute atomic E-state index is 0.0119. The number of benzene rings is 1. The highest BCUT2D eigenvalue weighted by Gasteiger charge is 2.21. The van der Waals surface area contributed by atoms with Crippen molar-refractivity contribution < 1.29 is 4.79 Å². The fourth-order valence-corrected chi connectivity index (χ4v) is 2.96. The number of carbonyl (C=O) groups excluding carboxylic acids is 1.